The van der Waals surface area contributed by atoms with Gasteiger partial charge in [-0.3, -0.25) is 4.79 Å². The number of hydrogen-bond donors (Lipinski definition) is 1. The highest BCUT2D eigenvalue weighted by Gasteiger charge is 2.18. The van der Waals surface area contributed by atoms with Gasteiger partial charge in [-0.2, -0.15) is 0 Å². The van der Waals surface area contributed by atoms with E-state index in [4.69, 9.17) is 4.74 Å². The van der Waals surface area contributed by atoms with Crippen molar-refractivity contribution >= 4 is 17.7 Å². The number of ether oxygens (including phenoxy) is 1. The molecule has 5 heteroatoms. The molecule has 1 aliphatic rings. The first-order valence-electron chi connectivity index (χ1n) is 6.79. The van der Waals surface area contributed by atoms with Gasteiger partial charge in [-0.15, -0.1) is 11.8 Å². The summed E-state index contributed by atoms with van der Waals surface area (Å²) in [4.78, 5) is 16.5. The van der Waals surface area contributed by atoms with Gasteiger partial charge in [-0.1, -0.05) is 6.92 Å². The summed E-state index contributed by atoms with van der Waals surface area (Å²) in [5.74, 6) is 0.922. The molecule has 4 nitrogen and oxygen atoms in total. The lowest BCUT2D eigenvalue weighted by molar-refractivity contribution is 0.0855. The SMILES string of the molecule is CCCSc1ncccc1C(=O)NCC1CCCO1. The molecule has 2 heterocycles. The van der Waals surface area contributed by atoms with Gasteiger partial charge < -0.3 is 10.1 Å². The summed E-state index contributed by atoms with van der Waals surface area (Å²) in [6, 6.07) is 3.63. The lowest BCUT2D eigenvalue weighted by Gasteiger charge is -2.12. The van der Waals surface area contributed by atoms with E-state index < -0.39 is 0 Å². The maximum Gasteiger partial charge on any atom is 0.254 e. The van der Waals surface area contributed by atoms with Gasteiger partial charge in [0.15, 0.2) is 0 Å². The highest BCUT2D eigenvalue weighted by Crippen LogP contribution is 2.20. The zero-order valence-corrected chi connectivity index (χ0v) is 12.0. The predicted molar refractivity (Wildman–Crippen MR) is 76.6 cm³/mol. The molecule has 1 unspecified atom stereocenters. The van der Waals surface area contributed by atoms with Crippen molar-refractivity contribution in [2.24, 2.45) is 0 Å². The molecule has 1 aromatic rings. The zero-order chi connectivity index (χ0) is 13.5. The average Bonchev–Trinajstić information content (AvgIpc) is 2.96. The molecule has 1 amide bonds. The van der Waals surface area contributed by atoms with Gasteiger partial charge in [0.05, 0.1) is 11.7 Å². The third-order valence-electron chi connectivity index (χ3n) is 2.97. The standard InChI is InChI=1S/C14H20N2O2S/c1-2-9-19-14-12(6-3-7-15-14)13(17)16-10-11-5-4-8-18-11/h3,6-7,11H,2,4-5,8-10H2,1H3,(H,16,17). The Morgan fingerprint density at radius 2 is 2.53 bits per heavy atom. The molecular weight excluding hydrogens is 260 g/mol. The number of thioether (sulfide) groups is 1. The van der Waals surface area contributed by atoms with Crippen molar-refractivity contribution in [3.05, 3.63) is 23.9 Å². The first-order chi connectivity index (χ1) is 9.31. The number of amides is 1. The van der Waals surface area contributed by atoms with Crippen LogP contribution in [-0.4, -0.2) is 35.9 Å². The van der Waals surface area contributed by atoms with Crippen LogP contribution in [0.2, 0.25) is 0 Å². The van der Waals surface area contributed by atoms with Gasteiger partial charge in [0, 0.05) is 19.3 Å². The maximum atomic E-state index is 12.2. The van der Waals surface area contributed by atoms with Gasteiger partial charge in [-0.05, 0) is 37.1 Å². The number of rotatable bonds is 6. The van der Waals surface area contributed by atoms with Gasteiger partial charge in [0.25, 0.3) is 5.91 Å². The number of carbonyl (C=O) groups excluding carboxylic acids is 1. The molecule has 0 bridgehead atoms. The third kappa shape index (κ3) is 4.21. The van der Waals surface area contributed by atoms with Crippen LogP contribution in [0.3, 0.4) is 0 Å². The summed E-state index contributed by atoms with van der Waals surface area (Å²) < 4.78 is 5.50. The Balaban J connectivity index is 1.93. The molecule has 19 heavy (non-hydrogen) atoms. The van der Waals surface area contributed by atoms with E-state index in [0.717, 1.165) is 36.6 Å². The Hall–Kier alpha value is -1.07. The molecule has 1 aromatic heterocycles. The fourth-order valence-corrected chi connectivity index (χ4v) is 2.83. The Morgan fingerprint density at radius 3 is 3.26 bits per heavy atom. The Labute approximate surface area is 118 Å². The highest BCUT2D eigenvalue weighted by atomic mass is 32.2. The molecule has 0 spiro atoms. The molecule has 0 radical (unpaired) electrons. The normalized spacial score (nSPS) is 18.5. The van der Waals surface area contributed by atoms with E-state index in [2.05, 4.69) is 17.2 Å². The van der Waals surface area contributed by atoms with Crippen LogP contribution in [0.15, 0.2) is 23.4 Å². The minimum absolute atomic E-state index is 0.0535. The van der Waals surface area contributed by atoms with Crippen LogP contribution in [0.5, 0.6) is 0 Å². The molecule has 1 saturated heterocycles. The minimum Gasteiger partial charge on any atom is -0.376 e. The second kappa shape index (κ2) is 7.50. The van der Waals surface area contributed by atoms with Crippen LogP contribution in [0.4, 0.5) is 0 Å². The average molecular weight is 280 g/mol. The maximum absolute atomic E-state index is 12.2. The monoisotopic (exact) mass is 280 g/mol. The summed E-state index contributed by atoms with van der Waals surface area (Å²) in [5, 5.41) is 3.75. The summed E-state index contributed by atoms with van der Waals surface area (Å²) in [6.45, 7) is 3.52. The summed E-state index contributed by atoms with van der Waals surface area (Å²) >= 11 is 1.63. The van der Waals surface area contributed by atoms with Gasteiger partial charge in [0.2, 0.25) is 0 Å². The Kier molecular flexibility index (Phi) is 5.66. The molecule has 1 N–H and O–H groups in total. The van der Waals surface area contributed by atoms with E-state index in [1.807, 2.05) is 6.07 Å². The van der Waals surface area contributed by atoms with Gasteiger partial charge in [-0.25, -0.2) is 4.98 Å². The van der Waals surface area contributed by atoms with Crippen LogP contribution in [-0.2, 0) is 4.74 Å². The van der Waals surface area contributed by atoms with Crippen molar-refractivity contribution in [3.63, 3.8) is 0 Å². The second-order valence-corrected chi connectivity index (χ2v) is 5.63. The van der Waals surface area contributed by atoms with Crippen LogP contribution < -0.4 is 5.32 Å². The number of aromatic nitrogens is 1. The number of carbonyl (C=O) groups is 1. The van der Waals surface area contributed by atoms with Crippen molar-refractivity contribution in [3.8, 4) is 0 Å². The molecule has 0 aromatic carbocycles. The van der Waals surface area contributed by atoms with E-state index in [1.165, 1.54) is 0 Å². The molecular formula is C14H20N2O2S. The molecule has 2 rings (SSSR count). The number of pyridine rings is 1. The first kappa shape index (κ1) is 14.3. The zero-order valence-electron chi connectivity index (χ0n) is 11.2. The Bertz CT molecular complexity index is 420. The van der Waals surface area contributed by atoms with Crippen LogP contribution in [0.1, 0.15) is 36.5 Å². The Morgan fingerprint density at radius 1 is 1.63 bits per heavy atom. The van der Waals surface area contributed by atoms with Crippen molar-refractivity contribution in [1.82, 2.24) is 10.3 Å². The van der Waals surface area contributed by atoms with Crippen molar-refractivity contribution in [2.75, 3.05) is 18.9 Å². The topological polar surface area (TPSA) is 51.2 Å². The van der Waals surface area contributed by atoms with Crippen LogP contribution >= 0.6 is 11.8 Å². The fourth-order valence-electron chi connectivity index (χ4n) is 1.98. The second-order valence-electron chi connectivity index (χ2n) is 4.55. The van der Waals surface area contributed by atoms with E-state index in [9.17, 15) is 4.79 Å². The molecule has 0 aliphatic carbocycles. The molecule has 104 valence electrons. The van der Waals surface area contributed by atoms with Crippen molar-refractivity contribution in [2.45, 2.75) is 37.3 Å². The third-order valence-corrected chi connectivity index (χ3v) is 4.18. The lowest BCUT2D eigenvalue weighted by atomic mass is 10.2. The van der Waals surface area contributed by atoms with E-state index in [1.54, 1.807) is 24.0 Å². The predicted octanol–water partition coefficient (Wildman–Crippen LogP) is 2.49. The van der Waals surface area contributed by atoms with Crippen LogP contribution in [0.25, 0.3) is 0 Å². The molecule has 1 atom stereocenters. The lowest BCUT2D eigenvalue weighted by Crippen LogP contribution is -2.32. The van der Waals surface area contributed by atoms with Crippen LogP contribution in [0, 0.1) is 0 Å². The van der Waals surface area contributed by atoms with Crippen molar-refractivity contribution < 1.29 is 9.53 Å². The number of nitrogens with one attached hydrogen (secondary N) is 1. The number of hydrogen-bond acceptors (Lipinski definition) is 4. The van der Waals surface area contributed by atoms with E-state index >= 15 is 0 Å². The highest BCUT2D eigenvalue weighted by molar-refractivity contribution is 7.99. The quantitative estimate of drug-likeness (QED) is 0.813. The first-order valence-corrected chi connectivity index (χ1v) is 7.77. The smallest absolute Gasteiger partial charge is 0.254 e. The van der Waals surface area contributed by atoms with Gasteiger partial charge >= 0.3 is 0 Å². The summed E-state index contributed by atoms with van der Waals surface area (Å²) in [5.41, 5.74) is 0.666. The van der Waals surface area contributed by atoms with Crippen molar-refractivity contribution in [1.29, 1.82) is 0 Å². The minimum atomic E-state index is -0.0535. The molecule has 1 aliphatic heterocycles. The fraction of sp³-hybridized carbons (Fsp3) is 0.571. The van der Waals surface area contributed by atoms with E-state index in [-0.39, 0.29) is 12.0 Å². The summed E-state index contributed by atoms with van der Waals surface area (Å²) in [7, 11) is 0. The molecule has 0 saturated carbocycles. The summed E-state index contributed by atoms with van der Waals surface area (Å²) in [6.07, 6.45) is 5.09. The number of nitrogens with zero attached hydrogens (tertiary/aromatic N) is 1. The van der Waals surface area contributed by atoms with E-state index in [0.29, 0.717) is 12.1 Å². The largest absolute Gasteiger partial charge is 0.376 e. The molecule has 1 fully saturated rings. The van der Waals surface area contributed by atoms with Gasteiger partial charge in [0.1, 0.15) is 5.03 Å².